The third-order valence-electron chi connectivity index (χ3n) is 3.56. The van der Waals surface area contributed by atoms with E-state index in [2.05, 4.69) is 10.6 Å². The molecule has 1 aliphatic rings. The molecule has 1 aliphatic heterocycles. The van der Waals surface area contributed by atoms with Crippen molar-refractivity contribution in [3.05, 3.63) is 68.8 Å². The number of hydrogen-bond donors (Lipinski definition) is 2. The molecule has 7 heteroatoms. The van der Waals surface area contributed by atoms with Crippen LogP contribution in [0.2, 0.25) is 10.0 Å². The summed E-state index contributed by atoms with van der Waals surface area (Å²) in [5.41, 5.74) is 2.87. The zero-order valence-corrected chi connectivity index (χ0v) is 14.7. The molecule has 1 heterocycles. The van der Waals surface area contributed by atoms with E-state index in [0.717, 1.165) is 5.56 Å². The van der Waals surface area contributed by atoms with E-state index in [9.17, 15) is 9.59 Å². The van der Waals surface area contributed by atoms with Crippen molar-refractivity contribution in [1.29, 1.82) is 0 Å². The van der Waals surface area contributed by atoms with Gasteiger partial charge in [0.15, 0.2) is 5.75 Å². The van der Waals surface area contributed by atoms with Gasteiger partial charge >= 0.3 is 6.03 Å². The first-order chi connectivity index (χ1) is 11.9. The van der Waals surface area contributed by atoms with Crippen LogP contribution in [0.1, 0.15) is 16.7 Å². The van der Waals surface area contributed by atoms with Gasteiger partial charge in [0.1, 0.15) is 12.3 Å². The zero-order chi connectivity index (χ0) is 18.0. The lowest BCUT2D eigenvalue weighted by molar-refractivity contribution is -0.115. The maximum absolute atomic E-state index is 11.6. The molecule has 2 aromatic rings. The maximum Gasteiger partial charge on any atom is 0.326 e. The lowest BCUT2D eigenvalue weighted by Gasteiger charge is -2.11. The lowest BCUT2D eigenvalue weighted by Crippen LogP contribution is -2.22. The molecule has 3 amide bonds. The van der Waals surface area contributed by atoms with Crippen molar-refractivity contribution in [3.63, 3.8) is 0 Å². The Balaban J connectivity index is 1.78. The Kier molecular flexibility index (Phi) is 4.97. The molecule has 2 aromatic carbocycles. The average Bonchev–Trinajstić information content (AvgIpc) is 2.86. The molecule has 128 valence electrons. The molecular weight excluding hydrogens is 363 g/mol. The van der Waals surface area contributed by atoms with Crippen molar-refractivity contribution in [3.8, 4) is 5.75 Å². The lowest BCUT2D eigenvalue weighted by atomic mass is 10.1. The summed E-state index contributed by atoms with van der Waals surface area (Å²) in [6, 6.07) is 10.6. The van der Waals surface area contributed by atoms with Crippen molar-refractivity contribution in [1.82, 2.24) is 10.6 Å². The minimum Gasteiger partial charge on any atom is -0.486 e. The van der Waals surface area contributed by atoms with Gasteiger partial charge in [-0.25, -0.2) is 4.79 Å². The second-order valence-corrected chi connectivity index (χ2v) is 6.37. The van der Waals surface area contributed by atoms with Crippen LogP contribution < -0.4 is 15.4 Å². The van der Waals surface area contributed by atoms with E-state index in [-0.39, 0.29) is 5.70 Å². The summed E-state index contributed by atoms with van der Waals surface area (Å²) in [6.45, 7) is 2.34. The monoisotopic (exact) mass is 376 g/mol. The number of hydrogen-bond acceptors (Lipinski definition) is 3. The number of halogens is 2. The van der Waals surface area contributed by atoms with Gasteiger partial charge in [0.2, 0.25) is 0 Å². The standard InChI is InChI=1S/C18H14Cl2N2O3/c1-10-2-4-11(5-3-10)9-25-16-13(19)6-12(7-14(16)20)8-15-17(23)22-18(24)21-15/h2-8H,9H2,1H3,(H2,21,22,23,24)/b15-8+. The van der Waals surface area contributed by atoms with E-state index in [1.807, 2.05) is 31.2 Å². The van der Waals surface area contributed by atoms with E-state index < -0.39 is 11.9 Å². The maximum atomic E-state index is 11.6. The molecule has 0 radical (unpaired) electrons. The predicted molar refractivity (Wildman–Crippen MR) is 96.6 cm³/mol. The van der Waals surface area contributed by atoms with Gasteiger partial charge in [-0.3, -0.25) is 10.1 Å². The highest BCUT2D eigenvalue weighted by Gasteiger charge is 2.23. The first-order valence-electron chi connectivity index (χ1n) is 7.44. The molecule has 0 aliphatic carbocycles. The molecule has 0 saturated carbocycles. The Morgan fingerprint density at radius 2 is 1.68 bits per heavy atom. The van der Waals surface area contributed by atoms with E-state index in [1.54, 1.807) is 12.1 Å². The third kappa shape index (κ3) is 4.13. The summed E-state index contributed by atoms with van der Waals surface area (Å²) in [6.07, 6.45) is 1.49. The van der Waals surface area contributed by atoms with Crippen LogP contribution in [-0.2, 0) is 11.4 Å². The van der Waals surface area contributed by atoms with E-state index >= 15 is 0 Å². The Morgan fingerprint density at radius 1 is 1.04 bits per heavy atom. The van der Waals surface area contributed by atoms with Gasteiger partial charge in [0.25, 0.3) is 5.91 Å². The van der Waals surface area contributed by atoms with Crippen LogP contribution in [0, 0.1) is 6.92 Å². The predicted octanol–water partition coefficient (Wildman–Crippen LogP) is 4.06. The fourth-order valence-corrected chi connectivity index (χ4v) is 2.90. The molecule has 25 heavy (non-hydrogen) atoms. The number of nitrogens with one attached hydrogen (secondary N) is 2. The second-order valence-electron chi connectivity index (χ2n) is 5.55. The smallest absolute Gasteiger partial charge is 0.326 e. The van der Waals surface area contributed by atoms with Crippen LogP contribution in [0.5, 0.6) is 5.75 Å². The molecule has 1 fully saturated rings. The summed E-state index contributed by atoms with van der Waals surface area (Å²) in [5, 5.41) is 5.15. The molecule has 3 rings (SSSR count). The second kappa shape index (κ2) is 7.17. The number of ether oxygens (including phenoxy) is 1. The summed E-state index contributed by atoms with van der Waals surface area (Å²) < 4.78 is 5.72. The zero-order valence-electron chi connectivity index (χ0n) is 13.2. The highest BCUT2D eigenvalue weighted by Crippen LogP contribution is 2.35. The third-order valence-corrected chi connectivity index (χ3v) is 4.12. The summed E-state index contributed by atoms with van der Waals surface area (Å²) in [5.74, 6) is -0.136. The van der Waals surface area contributed by atoms with Crippen LogP contribution >= 0.6 is 23.2 Å². The van der Waals surface area contributed by atoms with Crippen LogP contribution in [0.15, 0.2) is 42.1 Å². The molecule has 0 spiro atoms. The minimum absolute atomic E-state index is 0.130. The van der Waals surface area contributed by atoms with Crippen molar-refractivity contribution in [2.24, 2.45) is 0 Å². The van der Waals surface area contributed by atoms with Gasteiger partial charge in [0, 0.05) is 0 Å². The highest BCUT2D eigenvalue weighted by atomic mass is 35.5. The van der Waals surface area contributed by atoms with Gasteiger partial charge in [-0.2, -0.15) is 0 Å². The topological polar surface area (TPSA) is 67.4 Å². The highest BCUT2D eigenvalue weighted by molar-refractivity contribution is 6.37. The number of carbonyl (C=O) groups is 2. The SMILES string of the molecule is Cc1ccc(COc2c(Cl)cc(/C=C3/NC(=O)NC3=O)cc2Cl)cc1. The van der Waals surface area contributed by atoms with Crippen LogP contribution in [0.25, 0.3) is 6.08 Å². The van der Waals surface area contributed by atoms with Crippen LogP contribution in [-0.4, -0.2) is 11.9 Å². The number of imide groups is 1. The number of amides is 3. The summed E-state index contributed by atoms with van der Waals surface area (Å²) in [7, 11) is 0. The van der Waals surface area contributed by atoms with Gasteiger partial charge in [0.05, 0.1) is 10.0 Å². The van der Waals surface area contributed by atoms with Gasteiger partial charge < -0.3 is 10.1 Å². The number of aryl methyl sites for hydroxylation is 1. The van der Waals surface area contributed by atoms with Crippen LogP contribution in [0.4, 0.5) is 4.79 Å². The first kappa shape index (κ1) is 17.3. The molecule has 5 nitrogen and oxygen atoms in total. The quantitative estimate of drug-likeness (QED) is 0.624. The van der Waals surface area contributed by atoms with Crippen molar-refractivity contribution in [2.75, 3.05) is 0 Å². The fraction of sp³-hybridized carbons (Fsp3) is 0.111. The number of rotatable bonds is 4. The van der Waals surface area contributed by atoms with Gasteiger partial charge in [-0.1, -0.05) is 53.0 Å². The number of urea groups is 1. The Labute approximate surface area is 154 Å². The summed E-state index contributed by atoms with van der Waals surface area (Å²) >= 11 is 12.5. The van der Waals surface area contributed by atoms with Crippen molar-refractivity contribution < 1.29 is 14.3 Å². The van der Waals surface area contributed by atoms with Crippen molar-refractivity contribution >= 4 is 41.2 Å². The van der Waals surface area contributed by atoms with E-state index in [4.69, 9.17) is 27.9 Å². The molecular formula is C18H14Cl2N2O3. The van der Waals surface area contributed by atoms with Crippen molar-refractivity contribution in [2.45, 2.75) is 13.5 Å². The van der Waals surface area contributed by atoms with Gasteiger partial charge in [-0.15, -0.1) is 0 Å². The summed E-state index contributed by atoms with van der Waals surface area (Å²) in [4.78, 5) is 22.7. The number of carbonyl (C=O) groups excluding carboxylic acids is 2. The Hall–Kier alpha value is -2.50. The molecule has 0 unspecified atom stereocenters. The van der Waals surface area contributed by atoms with E-state index in [0.29, 0.717) is 28.0 Å². The normalized spacial score (nSPS) is 15.2. The van der Waals surface area contributed by atoms with E-state index in [1.165, 1.54) is 11.6 Å². The largest absolute Gasteiger partial charge is 0.486 e. The Morgan fingerprint density at radius 3 is 2.24 bits per heavy atom. The molecule has 2 N–H and O–H groups in total. The molecule has 0 bridgehead atoms. The fourth-order valence-electron chi connectivity index (χ4n) is 2.29. The molecule has 0 aromatic heterocycles. The van der Waals surface area contributed by atoms with Crippen LogP contribution in [0.3, 0.4) is 0 Å². The number of benzene rings is 2. The minimum atomic E-state index is -0.563. The Bertz CT molecular complexity index is 853. The average molecular weight is 377 g/mol. The molecule has 1 saturated heterocycles. The molecule has 0 atom stereocenters. The first-order valence-corrected chi connectivity index (χ1v) is 8.19. The van der Waals surface area contributed by atoms with Gasteiger partial charge in [-0.05, 0) is 36.3 Å².